The number of hydrogen-bond acceptors (Lipinski definition) is 6. The number of aromatic nitrogens is 4. The van der Waals surface area contributed by atoms with E-state index in [1.165, 1.54) is 11.8 Å². The van der Waals surface area contributed by atoms with Crippen molar-refractivity contribution in [1.29, 1.82) is 0 Å². The molecule has 1 saturated heterocycles. The third kappa shape index (κ3) is 4.37. The maximum absolute atomic E-state index is 12.5. The van der Waals surface area contributed by atoms with Gasteiger partial charge >= 0.3 is 0 Å². The fourth-order valence-electron chi connectivity index (χ4n) is 3.86. The normalized spacial score (nSPS) is 16.1. The summed E-state index contributed by atoms with van der Waals surface area (Å²) >= 11 is 0. The molecule has 0 saturated carbocycles. The van der Waals surface area contributed by atoms with Crippen LogP contribution in [0.4, 0.5) is 0 Å². The van der Waals surface area contributed by atoms with Crippen molar-refractivity contribution in [1.82, 2.24) is 30.0 Å². The molecule has 1 amide bonds. The first kappa shape index (κ1) is 19.3. The maximum Gasteiger partial charge on any atom is 0.289 e. The number of carbonyl (C=O) groups is 1. The zero-order valence-corrected chi connectivity index (χ0v) is 16.6. The van der Waals surface area contributed by atoms with Crippen LogP contribution in [0.25, 0.3) is 0 Å². The molecule has 0 spiro atoms. The van der Waals surface area contributed by atoms with Crippen LogP contribution in [0.3, 0.4) is 0 Å². The Hall–Kier alpha value is -3.00. The molecule has 4 rings (SSSR count). The standard InChI is InChI=1S/C21H26N6O2/c1-2-7-18(20-22-23-24-27(20)16-17-8-4-3-5-9-17)25-11-13-26(14-12-25)21(28)19-10-6-15-29-19/h3-6,8-10,15,18H,2,7,11-14,16H2,1H3. The number of piperazine rings is 1. The molecule has 8 nitrogen and oxygen atoms in total. The molecule has 29 heavy (non-hydrogen) atoms. The monoisotopic (exact) mass is 394 g/mol. The van der Waals surface area contributed by atoms with Gasteiger partial charge in [-0.1, -0.05) is 43.7 Å². The zero-order chi connectivity index (χ0) is 20.1. The highest BCUT2D eigenvalue weighted by Gasteiger charge is 2.30. The minimum atomic E-state index is -0.0457. The first-order chi connectivity index (χ1) is 14.3. The maximum atomic E-state index is 12.5. The smallest absolute Gasteiger partial charge is 0.289 e. The van der Waals surface area contributed by atoms with Gasteiger partial charge in [-0.2, -0.15) is 0 Å². The van der Waals surface area contributed by atoms with Gasteiger partial charge in [0.1, 0.15) is 0 Å². The highest BCUT2D eigenvalue weighted by molar-refractivity contribution is 5.91. The number of amides is 1. The van der Waals surface area contributed by atoms with Crippen molar-refractivity contribution in [2.45, 2.75) is 32.4 Å². The molecule has 1 aliphatic heterocycles. The number of benzene rings is 1. The summed E-state index contributed by atoms with van der Waals surface area (Å²) < 4.78 is 7.16. The number of nitrogens with zero attached hydrogens (tertiary/aromatic N) is 6. The molecule has 1 unspecified atom stereocenters. The summed E-state index contributed by atoms with van der Waals surface area (Å²) in [6.45, 7) is 5.74. The van der Waals surface area contributed by atoms with Crippen molar-refractivity contribution in [3.63, 3.8) is 0 Å². The van der Waals surface area contributed by atoms with Gasteiger partial charge in [0.25, 0.3) is 5.91 Å². The number of rotatable bonds is 7. The second kappa shape index (κ2) is 9.00. The molecule has 2 aromatic heterocycles. The molecule has 152 valence electrons. The Morgan fingerprint density at radius 1 is 1.10 bits per heavy atom. The van der Waals surface area contributed by atoms with Crippen LogP contribution >= 0.6 is 0 Å². The number of tetrazole rings is 1. The minimum Gasteiger partial charge on any atom is -0.459 e. The Labute approximate surface area is 170 Å². The number of carbonyl (C=O) groups excluding carboxylic acids is 1. The number of hydrogen-bond donors (Lipinski definition) is 0. The van der Waals surface area contributed by atoms with Crippen molar-refractivity contribution in [3.05, 3.63) is 65.9 Å². The Morgan fingerprint density at radius 3 is 2.59 bits per heavy atom. The largest absolute Gasteiger partial charge is 0.459 e. The van der Waals surface area contributed by atoms with Gasteiger partial charge in [0.15, 0.2) is 11.6 Å². The van der Waals surface area contributed by atoms with E-state index in [0.717, 1.165) is 31.8 Å². The highest BCUT2D eigenvalue weighted by Crippen LogP contribution is 2.26. The molecule has 1 fully saturated rings. The highest BCUT2D eigenvalue weighted by atomic mass is 16.3. The molecule has 0 aliphatic carbocycles. The Morgan fingerprint density at radius 2 is 1.90 bits per heavy atom. The van der Waals surface area contributed by atoms with Crippen LogP contribution in [0.5, 0.6) is 0 Å². The quantitative estimate of drug-likeness (QED) is 0.613. The minimum absolute atomic E-state index is 0.0457. The zero-order valence-electron chi connectivity index (χ0n) is 16.6. The van der Waals surface area contributed by atoms with Crippen LogP contribution in [0.15, 0.2) is 53.1 Å². The molecule has 3 heterocycles. The van der Waals surface area contributed by atoms with Crippen LogP contribution in [-0.4, -0.2) is 62.1 Å². The molecule has 0 N–H and O–H groups in total. The molecule has 1 aromatic carbocycles. The van der Waals surface area contributed by atoms with Gasteiger partial charge in [-0.15, -0.1) is 5.10 Å². The van der Waals surface area contributed by atoms with Gasteiger partial charge in [0, 0.05) is 26.2 Å². The van der Waals surface area contributed by atoms with E-state index in [4.69, 9.17) is 4.42 Å². The molecular weight excluding hydrogens is 368 g/mol. The summed E-state index contributed by atoms with van der Waals surface area (Å²) in [4.78, 5) is 16.8. The van der Waals surface area contributed by atoms with Gasteiger partial charge in [0.05, 0.1) is 18.8 Å². The second-order valence-corrected chi connectivity index (χ2v) is 7.29. The van der Waals surface area contributed by atoms with Gasteiger partial charge in [-0.05, 0) is 34.5 Å². The third-order valence-corrected chi connectivity index (χ3v) is 5.37. The summed E-state index contributed by atoms with van der Waals surface area (Å²) in [5, 5.41) is 12.6. The van der Waals surface area contributed by atoms with Crippen molar-refractivity contribution in [2.24, 2.45) is 0 Å². The molecule has 0 bridgehead atoms. The van der Waals surface area contributed by atoms with E-state index in [-0.39, 0.29) is 11.9 Å². The third-order valence-electron chi connectivity index (χ3n) is 5.37. The van der Waals surface area contributed by atoms with E-state index in [9.17, 15) is 4.79 Å². The van der Waals surface area contributed by atoms with Crippen molar-refractivity contribution in [2.75, 3.05) is 26.2 Å². The van der Waals surface area contributed by atoms with E-state index in [1.54, 1.807) is 12.1 Å². The summed E-state index contributed by atoms with van der Waals surface area (Å²) in [6.07, 6.45) is 3.54. The van der Waals surface area contributed by atoms with E-state index >= 15 is 0 Å². The summed E-state index contributed by atoms with van der Waals surface area (Å²) in [6, 6.07) is 13.8. The lowest BCUT2D eigenvalue weighted by Gasteiger charge is -2.38. The van der Waals surface area contributed by atoms with E-state index in [1.807, 2.05) is 27.8 Å². The molecule has 1 atom stereocenters. The molecular formula is C21H26N6O2. The lowest BCUT2D eigenvalue weighted by atomic mass is 10.1. The molecule has 1 aliphatic rings. The lowest BCUT2D eigenvalue weighted by Crippen LogP contribution is -2.50. The summed E-state index contributed by atoms with van der Waals surface area (Å²) in [5.74, 6) is 1.24. The summed E-state index contributed by atoms with van der Waals surface area (Å²) in [5.41, 5.74) is 1.17. The fraction of sp³-hybridized carbons (Fsp3) is 0.429. The van der Waals surface area contributed by atoms with Crippen molar-refractivity contribution < 1.29 is 9.21 Å². The van der Waals surface area contributed by atoms with Gasteiger partial charge < -0.3 is 9.32 Å². The molecule has 0 radical (unpaired) electrons. The van der Waals surface area contributed by atoms with Gasteiger partial charge in [-0.3, -0.25) is 9.69 Å². The van der Waals surface area contributed by atoms with Crippen LogP contribution in [-0.2, 0) is 6.54 Å². The topological polar surface area (TPSA) is 80.3 Å². The van der Waals surface area contributed by atoms with Crippen LogP contribution in [0, 0.1) is 0 Å². The Kier molecular flexibility index (Phi) is 6.00. The lowest BCUT2D eigenvalue weighted by molar-refractivity contribution is 0.0515. The van der Waals surface area contributed by atoms with Gasteiger partial charge in [-0.25, -0.2) is 4.68 Å². The predicted octanol–water partition coefficient (Wildman–Crippen LogP) is 2.61. The van der Waals surface area contributed by atoms with Crippen molar-refractivity contribution >= 4 is 5.91 Å². The van der Waals surface area contributed by atoms with Crippen LogP contribution in [0.2, 0.25) is 0 Å². The van der Waals surface area contributed by atoms with Crippen LogP contribution in [0.1, 0.15) is 47.7 Å². The first-order valence-electron chi connectivity index (χ1n) is 10.1. The van der Waals surface area contributed by atoms with Crippen LogP contribution < -0.4 is 0 Å². The average molecular weight is 394 g/mol. The average Bonchev–Trinajstić information content (AvgIpc) is 3.45. The first-order valence-corrected chi connectivity index (χ1v) is 10.1. The Bertz CT molecular complexity index is 900. The SMILES string of the molecule is CCCC(c1nnnn1Cc1ccccc1)N1CCN(C(=O)c2ccco2)CC1. The fourth-order valence-corrected chi connectivity index (χ4v) is 3.86. The molecule has 3 aromatic rings. The number of furan rings is 1. The predicted molar refractivity (Wildman–Crippen MR) is 107 cm³/mol. The van der Waals surface area contributed by atoms with E-state index in [2.05, 4.69) is 39.5 Å². The summed E-state index contributed by atoms with van der Waals surface area (Å²) in [7, 11) is 0. The molecule has 8 heteroatoms. The Balaban J connectivity index is 1.45. The van der Waals surface area contributed by atoms with E-state index < -0.39 is 0 Å². The second-order valence-electron chi connectivity index (χ2n) is 7.29. The van der Waals surface area contributed by atoms with Gasteiger partial charge in [0.2, 0.25) is 0 Å². The van der Waals surface area contributed by atoms with Crippen molar-refractivity contribution in [3.8, 4) is 0 Å². The van der Waals surface area contributed by atoms with E-state index in [0.29, 0.717) is 25.4 Å².